The Morgan fingerprint density at radius 2 is 1.52 bits per heavy atom. The average molecular weight is 283 g/mol. The van der Waals surface area contributed by atoms with Crippen molar-refractivity contribution in [2.24, 2.45) is 5.41 Å². The van der Waals surface area contributed by atoms with Gasteiger partial charge in [0.25, 0.3) is 0 Å². The van der Waals surface area contributed by atoms with E-state index in [1.165, 1.54) is 16.3 Å². The molecule has 2 aromatic rings. The van der Waals surface area contributed by atoms with E-state index in [1.54, 1.807) is 0 Å². The van der Waals surface area contributed by atoms with Crippen molar-refractivity contribution in [3.63, 3.8) is 0 Å². The molecule has 0 aromatic heterocycles. The molecule has 0 heterocycles. The van der Waals surface area contributed by atoms with Crippen LogP contribution < -0.4 is 5.32 Å². The van der Waals surface area contributed by atoms with Gasteiger partial charge in [0.2, 0.25) is 0 Å². The fourth-order valence-electron chi connectivity index (χ4n) is 3.67. The van der Waals surface area contributed by atoms with Crippen LogP contribution in [0.15, 0.2) is 42.5 Å². The summed E-state index contributed by atoms with van der Waals surface area (Å²) in [6.07, 6.45) is 1.15. The fraction of sp³-hybridized carbons (Fsp3) is 0.500. The maximum Gasteiger partial charge on any atom is 0.0302 e. The fourth-order valence-corrected chi connectivity index (χ4v) is 3.67. The number of fused-ring (bicyclic) bond motifs is 1. The molecule has 2 rings (SSSR count). The van der Waals surface area contributed by atoms with Crippen molar-refractivity contribution >= 4 is 10.8 Å². The molecule has 0 saturated carbocycles. The quantitative estimate of drug-likeness (QED) is 0.758. The third-order valence-corrected chi connectivity index (χ3v) is 3.87. The molecular weight excluding hydrogens is 254 g/mol. The predicted octanol–water partition coefficient (Wildman–Crippen LogP) is 5.71. The summed E-state index contributed by atoms with van der Waals surface area (Å²) < 4.78 is 0. The molecule has 114 valence electrons. The van der Waals surface area contributed by atoms with Crippen molar-refractivity contribution in [1.29, 1.82) is 0 Å². The monoisotopic (exact) mass is 283 g/mol. The Hall–Kier alpha value is -1.34. The van der Waals surface area contributed by atoms with Crippen molar-refractivity contribution in [3.05, 3.63) is 48.0 Å². The molecule has 0 aliphatic heterocycles. The maximum absolute atomic E-state index is 3.82. The van der Waals surface area contributed by atoms with E-state index in [4.69, 9.17) is 0 Å². The van der Waals surface area contributed by atoms with Crippen LogP contribution in [0.3, 0.4) is 0 Å². The molecule has 0 spiro atoms. The number of rotatable bonds is 4. The number of nitrogens with one attached hydrogen (secondary N) is 1. The molecule has 1 unspecified atom stereocenters. The summed E-state index contributed by atoms with van der Waals surface area (Å²) in [6, 6.07) is 15.6. The lowest BCUT2D eigenvalue weighted by Gasteiger charge is -2.36. The third kappa shape index (κ3) is 4.31. The van der Waals surface area contributed by atoms with Gasteiger partial charge in [0.1, 0.15) is 0 Å². The SMILES string of the molecule is CC(NC(C)(C)CC(C)(C)C)c1cccc2ccccc12. The first-order valence-corrected chi connectivity index (χ1v) is 7.93. The van der Waals surface area contributed by atoms with E-state index in [0.717, 1.165) is 6.42 Å². The Balaban J connectivity index is 2.25. The summed E-state index contributed by atoms with van der Waals surface area (Å²) >= 11 is 0. The summed E-state index contributed by atoms with van der Waals surface area (Å²) in [6.45, 7) is 13.8. The van der Waals surface area contributed by atoms with Crippen LogP contribution in [0.2, 0.25) is 0 Å². The van der Waals surface area contributed by atoms with Crippen LogP contribution in [0.25, 0.3) is 10.8 Å². The Morgan fingerprint density at radius 1 is 0.905 bits per heavy atom. The van der Waals surface area contributed by atoms with Crippen LogP contribution in [-0.4, -0.2) is 5.54 Å². The highest BCUT2D eigenvalue weighted by atomic mass is 15.0. The van der Waals surface area contributed by atoms with Gasteiger partial charge in [0.15, 0.2) is 0 Å². The minimum absolute atomic E-state index is 0.120. The molecule has 1 heteroatoms. The predicted molar refractivity (Wildman–Crippen MR) is 93.6 cm³/mol. The maximum atomic E-state index is 3.82. The van der Waals surface area contributed by atoms with E-state index in [2.05, 4.69) is 89.3 Å². The molecular formula is C20H29N. The van der Waals surface area contributed by atoms with Crippen LogP contribution in [0.4, 0.5) is 0 Å². The second kappa shape index (κ2) is 5.81. The third-order valence-electron chi connectivity index (χ3n) is 3.87. The van der Waals surface area contributed by atoms with Gasteiger partial charge in [0, 0.05) is 11.6 Å². The Morgan fingerprint density at radius 3 is 2.19 bits per heavy atom. The van der Waals surface area contributed by atoms with Gasteiger partial charge in [-0.25, -0.2) is 0 Å². The number of hydrogen-bond acceptors (Lipinski definition) is 1. The van der Waals surface area contributed by atoms with Gasteiger partial charge in [-0.1, -0.05) is 63.2 Å². The lowest BCUT2D eigenvalue weighted by molar-refractivity contribution is 0.227. The van der Waals surface area contributed by atoms with Crippen LogP contribution in [0, 0.1) is 5.41 Å². The van der Waals surface area contributed by atoms with Crippen molar-refractivity contribution in [3.8, 4) is 0 Å². The molecule has 1 nitrogen and oxygen atoms in total. The van der Waals surface area contributed by atoms with Crippen LogP contribution in [0.5, 0.6) is 0 Å². The van der Waals surface area contributed by atoms with Crippen LogP contribution in [-0.2, 0) is 0 Å². The van der Waals surface area contributed by atoms with E-state index in [-0.39, 0.29) is 5.54 Å². The Kier molecular flexibility index (Phi) is 4.43. The highest BCUT2D eigenvalue weighted by Crippen LogP contribution is 2.30. The van der Waals surface area contributed by atoms with E-state index < -0.39 is 0 Å². The largest absolute Gasteiger partial charge is 0.305 e. The van der Waals surface area contributed by atoms with Gasteiger partial charge in [-0.15, -0.1) is 0 Å². The molecule has 0 aliphatic rings. The lowest BCUT2D eigenvalue weighted by atomic mass is 9.81. The second-order valence-corrected chi connectivity index (χ2v) is 8.06. The Labute approximate surface area is 129 Å². The topological polar surface area (TPSA) is 12.0 Å². The minimum Gasteiger partial charge on any atom is -0.305 e. The zero-order valence-corrected chi connectivity index (χ0v) is 14.3. The first kappa shape index (κ1) is 16.0. The number of benzene rings is 2. The first-order valence-electron chi connectivity index (χ1n) is 7.93. The van der Waals surface area contributed by atoms with Gasteiger partial charge in [-0.3, -0.25) is 0 Å². The summed E-state index contributed by atoms with van der Waals surface area (Å²) in [5.41, 5.74) is 1.83. The molecule has 0 amide bonds. The molecule has 0 radical (unpaired) electrons. The van der Waals surface area contributed by atoms with E-state index >= 15 is 0 Å². The molecule has 1 N–H and O–H groups in total. The zero-order valence-electron chi connectivity index (χ0n) is 14.3. The van der Waals surface area contributed by atoms with E-state index in [1.807, 2.05) is 0 Å². The van der Waals surface area contributed by atoms with Crippen molar-refractivity contribution < 1.29 is 0 Å². The van der Waals surface area contributed by atoms with Crippen molar-refractivity contribution in [2.75, 3.05) is 0 Å². The highest BCUT2D eigenvalue weighted by molar-refractivity contribution is 5.86. The minimum atomic E-state index is 0.120. The highest BCUT2D eigenvalue weighted by Gasteiger charge is 2.27. The molecule has 0 bridgehead atoms. The van der Waals surface area contributed by atoms with Crippen molar-refractivity contribution in [1.82, 2.24) is 5.32 Å². The van der Waals surface area contributed by atoms with Crippen LogP contribution >= 0.6 is 0 Å². The summed E-state index contributed by atoms with van der Waals surface area (Å²) in [4.78, 5) is 0. The number of hydrogen-bond donors (Lipinski definition) is 1. The molecule has 0 saturated heterocycles. The van der Waals surface area contributed by atoms with Gasteiger partial charge in [-0.2, -0.15) is 0 Å². The summed E-state index contributed by atoms with van der Waals surface area (Å²) in [5.74, 6) is 0. The summed E-state index contributed by atoms with van der Waals surface area (Å²) in [7, 11) is 0. The summed E-state index contributed by atoms with van der Waals surface area (Å²) in [5, 5.41) is 6.49. The van der Waals surface area contributed by atoms with Crippen LogP contribution in [0.1, 0.15) is 59.6 Å². The van der Waals surface area contributed by atoms with Gasteiger partial charge in [-0.05, 0) is 48.9 Å². The average Bonchev–Trinajstić information content (AvgIpc) is 2.34. The van der Waals surface area contributed by atoms with Gasteiger partial charge >= 0.3 is 0 Å². The molecule has 0 fully saturated rings. The Bertz CT molecular complexity index is 599. The molecule has 0 aliphatic carbocycles. The lowest BCUT2D eigenvalue weighted by Crippen LogP contribution is -2.43. The second-order valence-electron chi connectivity index (χ2n) is 8.06. The van der Waals surface area contributed by atoms with Gasteiger partial charge in [0.05, 0.1) is 0 Å². The first-order chi connectivity index (χ1) is 9.68. The van der Waals surface area contributed by atoms with E-state index in [9.17, 15) is 0 Å². The standard InChI is InChI=1S/C20H29N/c1-15(21-20(5,6)14-19(2,3)4)17-13-9-11-16-10-7-8-12-18(16)17/h7-13,15,21H,14H2,1-6H3. The molecule has 2 aromatic carbocycles. The molecule has 1 atom stereocenters. The van der Waals surface area contributed by atoms with E-state index in [0.29, 0.717) is 11.5 Å². The van der Waals surface area contributed by atoms with Crippen molar-refractivity contribution in [2.45, 2.75) is 59.5 Å². The zero-order chi connectivity index (χ0) is 15.7. The normalized spacial score (nSPS) is 14.4. The molecule has 21 heavy (non-hydrogen) atoms. The van der Waals surface area contributed by atoms with Gasteiger partial charge < -0.3 is 5.32 Å². The smallest absolute Gasteiger partial charge is 0.0302 e.